The van der Waals surface area contributed by atoms with Crippen molar-refractivity contribution in [1.82, 2.24) is 15.2 Å². The van der Waals surface area contributed by atoms with Crippen LogP contribution in [0.4, 0.5) is 5.82 Å². The van der Waals surface area contributed by atoms with Crippen molar-refractivity contribution in [3.63, 3.8) is 0 Å². The first-order valence-electron chi connectivity index (χ1n) is 11.7. The predicted octanol–water partition coefficient (Wildman–Crippen LogP) is 3.49. The van der Waals surface area contributed by atoms with E-state index in [2.05, 4.69) is 29.5 Å². The van der Waals surface area contributed by atoms with Crippen LogP contribution in [-0.4, -0.2) is 54.4 Å². The van der Waals surface area contributed by atoms with Gasteiger partial charge in [0.05, 0.1) is 6.61 Å². The summed E-state index contributed by atoms with van der Waals surface area (Å²) in [5.74, 6) is 0.0249. The van der Waals surface area contributed by atoms with Gasteiger partial charge in [-0.3, -0.25) is 14.4 Å². The molecule has 0 spiro atoms. The van der Waals surface area contributed by atoms with Crippen molar-refractivity contribution in [2.45, 2.75) is 46.1 Å². The average molecular weight is 469 g/mol. The van der Waals surface area contributed by atoms with Crippen molar-refractivity contribution in [2.75, 3.05) is 32.1 Å². The first-order chi connectivity index (χ1) is 16.3. The molecule has 2 rings (SSSR count). The highest BCUT2D eigenvalue weighted by atomic mass is 16.5. The number of nitrogens with one attached hydrogen (secondary N) is 2. The summed E-state index contributed by atoms with van der Waals surface area (Å²) in [6, 6.07) is 12.0. The Morgan fingerprint density at radius 3 is 2.41 bits per heavy atom. The van der Waals surface area contributed by atoms with Crippen LogP contribution in [0.3, 0.4) is 0 Å². The Morgan fingerprint density at radius 2 is 1.79 bits per heavy atom. The Hall–Kier alpha value is -3.26. The summed E-state index contributed by atoms with van der Waals surface area (Å²) in [6.45, 7) is 7.18. The maximum atomic E-state index is 13.3. The van der Waals surface area contributed by atoms with Crippen LogP contribution in [-0.2, 0) is 19.1 Å². The number of hydrogen-bond donors (Lipinski definition) is 2. The molecule has 0 unspecified atom stereocenters. The lowest BCUT2D eigenvalue weighted by Gasteiger charge is -2.31. The van der Waals surface area contributed by atoms with E-state index in [9.17, 15) is 14.4 Å². The van der Waals surface area contributed by atoms with E-state index in [0.29, 0.717) is 18.3 Å². The second-order valence-electron chi connectivity index (χ2n) is 8.63. The molecule has 0 aliphatic heterocycles. The normalized spacial score (nSPS) is 11.7. The highest BCUT2D eigenvalue weighted by Crippen LogP contribution is 2.23. The number of rotatable bonds is 13. The topological polar surface area (TPSA) is 101 Å². The van der Waals surface area contributed by atoms with Crippen molar-refractivity contribution in [3.05, 3.63) is 59.8 Å². The van der Waals surface area contributed by atoms with Crippen molar-refractivity contribution in [1.29, 1.82) is 0 Å². The molecule has 3 amide bonds. The van der Waals surface area contributed by atoms with Crippen LogP contribution in [0.1, 0.15) is 50.3 Å². The first kappa shape index (κ1) is 27.0. The van der Waals surface area contributed by atoms with Gasteiger partial charge >= 0.3 is 0 Å². The fourth-order valence-electron chi connectivity index (χ4n) is 3.40. The zero-order chi connectivity index (χ0) is 24.9. The monoisotopic (exact) mass is 468 g/mol. The van der Waals surface area contributed by atoms with Gasteiger partial charge in [0.25, 0.3) is 0 Å². The number of benzene rings is 1. The van der Waals surface area contributed by atoms with Gasteiger partial charge in [-0.25, -0.2) is 4.98 Å². The van der Waals surface area contributed by atoms with Crippen molar-refractivity contribution in [2.24, 2.45) is 5.92 Å². The Kier molecular flexibility index (Phi) is 11.2. The summed E-state index contributed by atoms with van der Waals surface area (Å²) in [5.41, 5.74) is 1.78. The highest BCUT2D eigenvalue weighted by molar-refractivity contribution is 5.94. The molecule has 34 heavy (non-hydrogen) atoms. The molecular weight excluding hydrogens is 432 g/mol. The summed E-state index contributed by atoms with van der Waals surface area (Å²) in [4.78, 5) is 44.4. The van der Waals surface area contributed by atoms with Crippen LogP contribution < -0.4 is 10.6 Å². The SMILES string of the molecule is COCCN(C(=O)CCC(=O)Nc1ccccn1)[C@@H](C(=O)NCCC(C)C)c1ccc(C)cc1. The number of nitrogens with zero attached hydrogens (tertiary/aromatic N) is 2. The number of pyridine rings is 1. The number of ether oxygens (including phenoxy) is 1. The predicted molar refractivity (Wildman–Crippen MR) is 132 cm³/mol. The third kappa shape index (κ3) is 8.94. The standard InChI is InChI=1S/C26H36N4O4/c1-19(2)14-16-28-26(33)25(21-10-8-20(3)9-11-21)30(17-18-34-4)24(32)13-12-23(31)29-22-7-5-6-15-27-22/h5-11,15,19,25H,12-14,16-18H2,1-4H3,(H,28,33)(H,27,29,31)/t25-/m1/s1. The molecule has 8 heteroatoms. The Bertz CT molecular complexity index is 916. The van der Waals surface area contributed by atoms with Gasteiger partial charge in [-0.05, 0) is 37.0 Å². The molecule has 0 saturated heterocycles. The van der Waals surface area contributed by atoms with Gasteiger partial charge in [0, 0.05) is 39.2 Å². The maximum Gasteiger partial charge on any atom is 0.247 e. The van der Waals surface area contributed by atoms with Crippen LogP contribution in [0, 0.1) is 12.8 Å². The highest BCUT2D eigenvalue weighted by Gasteiger charge is 2.31. The van der Waals surface area contributed by atoms with Crippen molar-refractivity contribution in [3.8, 4) is 0 Å². The van der Waals surface area contributed by atoms with Crippen LogP contribution in [0.15, 0.2) is 48.7 Å². The average Bonchev–Trinajstić information content (AvgIpc) is 2.81. The molecule has 184 valence electrons. The van der Waals surface area contributed by atoms with Gasteiger partial charge in [-0.15, -0.1) is 0 Å². The molecule has 0 bridgehead atoms. The third-order valence-electron chi connectivity index (χ3n) is 5.33. The minimum absolute atomic E-state index is 0.0194. The molecule has 0 fully saturated rings. The lowest BCUT2D eigenvalue weighted by atomic mass is 10.0. The summed E-state index contributed by atoms with van der Waals surface area (Å²) >= 11 is 0. The smallest absolute Gasteiger partial charge is 0.247 e. The van der Waals surface area contributed by atoms with Gasteiger partial charge in [-0.1, -0.05) is 49.7 Å². The molecule has 2 N–H and O–H groups in total. The molecule has 0 aliphatic rings. The number of carbonyl (C=O) groups is 3. The van der Waals surface area contributed by atoms with E-state index in [1.807, 2.05) is 31.2 Å². The zero-order valence-corrected chi connectivity index (χ0v) is 20.5. The van der Waals surface area contributed by atoms with E-state index < -0.39 is 6.04 Å². The van der Waals surface area contributed by atoms with Gasteiger partial charge in [0.2, 0.25) is 17.7 Å². The minimum atomic E-state index is -0.811. The molecule has 2 aromatic rings. The van der Waals surface area contributed by atoms with Gasteiger partial charge < -0.3 is 20.3 Å². The van der Waals surface area contributed by atoms with Crippen LogP contribution in [0.25, 0.3) is 0 Å². The lowest BCUT2D eigenvalue weighted by molar-refractivity contribution is -0.142. The number of hydrogen-bond acceptors (Lipinski definition) is 5. The second kappa shape index (κ2) is 14.1. The molecular formula is C26H36N4O4. The molecule has 0 aliphatic carbocycles. The number of aryl methyl sites for hydroxylation is 1. The van der Waals surface area contributed by atoms with Crippen LogP contribution >= 0.6 is 0 Å². The summed E-state index contributed by atoms with van der Waals surface area (Å²) < 4.78 is 5.21. The molecule has 1 atom stereocenters. The van der Waals surface area contributed by atoms with E-state index in [1.165, 1.54) is 4.90 Å². The van der Waals surface area contributed by atoms with E-state index in [1.54, 1.807) is 31.5 Å². The largest absolute Gasteiger partial charge is 0.383 e. The zero-order valence-electron chi connectivity index (χ0n) is 20.5. The number of anilines is 1. The summed E-state index contributed by atoms with van der Waals surface area (Å²) in [5, 5.41) is 5.66. The molecule has 1 heterocycles. The quantitative estimate of drug-likeness (QED) is 0.469. The van der Waals surface area contributed by atoms with Crippen LogP contribution in [0.2, 0.25) is 0 Å². The van der Waals surface area contributed by atoms with Crippen molar-refractivity contribution < 1.29 is 19.1 Å². The maximum absolute atomic E-state index is 13.3. The Morgan fingerprint density at radius 1 is 1.06 bits per heavy atom. The molecule has 0 radical (unpaired) electrons. The van der Waals surface area contributed by atoms with E-state index in [0.717, 1.165) is 17.5 Å². The van der Waals surface area contributed by atoms with Crippen molar-refractivity contribution >= 4 is 23.5 Å². The third-order valence-corrected chi connectivity index (χ3v) is 5.33. The molecule has 1 aromatic heterocycles. The number of methoxy groups -OCH3 is 1. The van der Waals surface area contributed by atoms with E-state index >= 15 is 0 Å². The minimum Gasteiger partial charge on any atom is -0.383 e. The van der Waals surface area contributed by atoms with Crippen LogP contribution in [0.5, 0.6) is 0 Å². The number of carbonyl (C=O) groups excluding carboxylic acids is 3. The molecule has 1 aromatic carbocycles. The van der Waals surface area contributed by atoms with Gasteiger partial charge in [0.15, 0.2) is 0 Å². The van der Waals surface area contributed by atoms with E-state index in [4.69, 9.17) is 4.74 Å². The number of aromatic nitrogens is 1. The summed E-state index contributed by atoms with van der Waals surface area (Å²) in [7, 11) is 1.55. The lowest BCUT2D eigenvalue weighted by Crippen LogP contribution is -2.45. The second-order valence-corrected chi connectivity index (χ2v) is 8.63. The van der Waals surface area contributed by atoms with Gasteiger partial charge in [-0.2, -0.15) is 0 Å². The molecule has 0 saturated carbocycles. The Labute approximate surface area is 202 Å². The summed E-state index contributed by atoms with van der Waals surface area (Å²) in [6.07, 6.45) is 2.36. The Balaban J connectivity index is 2.18. The van der Waals surface area contributed by atoms with E-state index in [-0.39, 0.29) is 43.7 Å². The fraction of sp³-hybridized carbons (Fsp3) is 0.462. The molecule has 8 nitrogen and oxygen atoms in total. The van der Waals surface area contributed by atoms with Gasteiger partial charge in [0.1, 0.15) is 11.9 Å². The number of amides is 3. The first-order valence-corrected chi connectivity index (χ1v) is 11.7. The fourth-order valence-corrected chi connectivity index (χ4v) is 3.40.